The van der Waals surface area contributed by atoms with E-state index in [0.29, 0.717) is 16.6 Å². The van der Waals surface area contributed by atoms with E-state index in [2.05, 4.69) is 33.0 Å². The Bertz CT molecular complexity index is 842. The molecule has 0 saturated carbocycles. The van der Waals surface area contributed by atoms with Crippen molar-refractivity contribution < 1.29 is 0 Å². The van der Waals surface area contributed by atoms with E-state index in [0.717, 1.165) is 40.5 Å². The van der Waals surface area contributed by atoms with Gasteiger partial charge >= 0.3 is 0 Å². The number of para-hydroxylation sites is 1. The molecule has 120 valence electrons. The van der Waals surface area contributed by atoms with Crippen molar-refractivity contribution in [3.63, 3.8) is 0 Å². The third-order valence-electron chi connectivity index (χ3n) is 3.97. The van der Waals surface area contributed by atoms with Crippen molar-refractivity contribution in [3.05, 3.63) is 56.5 Å². The summed E-state index contributed by atoms with van der Waals surface area (Å²) in [7, 11) is 0. The summed E-state index contributed by atoms with van der Waals surface area (Å²) in [4.78, 5) is 3.52. The maximum absolute atomic E-state index is 6.42. The van der Waals surface area contributed by atoms with Gasteiger partial charge in [0.1, 0.15) is 0 Å². The molecule has 2 nitrogen and oxygen atoms in total. The second-order valence-corrected chi connectivity index (χ2v) is 7.21. The van der Waals surface area contributed by atoms with Gasteiger partial charge < -0.3 is 10.7 Å². The van der Waals surface area contributed by atoms with Gasteiger partial charge in [-0.1, -0.05) is 35.3 Å². The lowest BCUT2D eigenvalue weighted by atomic mass is 10.0. The van der Waals surface area contributed by atoms with E-state index in [4.69, 9.17) is 28.9 Å². The molecule has 1 heterocycles. The van der Waals surface area contributed by atoms with Crippen molar-refractivity contribution >= 4 is 50.0 Å². The highest BCUT2D eigenvalue weighted by Gasteiger charge is 2.16. The summed E-state index contributed by atoms with van der Waals surface area (Å²) < 4.78 is 1.04. The molecule has 23 heavy (non-hydrogen) atoms. The Morgan fingerprint density at radius 3 is 2.70 bits per heavy atom. The predicted molar refractivity (Wildman–Crippen MR) is 103 cm³/mol. The summed E-state index contributed by atoms with van der Waals surface area (Å²) in [6.07, 6.45) is 3.00. The first-order valence-corrected chi connectivity index (χ1v) is 9.11. The summed E-state index contributed by atoms with van der Waals surface area (Å²) in [5, 5.41) is 2.58. The van der Waals surface area contributed by atoms with E-state index >= 15 is 0 Å². The van der Waals surface area contributed by atoms with Crippen LogP contribution in [0.1, 0.15) is 18.4 Å². The van der Waals surface area contributed by atoms with Gasteiger partial charge in [0.15, 0.2) is 0 Å². The molecule has 0 radical (unpaired) electrons. The van der Waals surface area contributed by atoms with Gasteiger partial charge in [0.05, 0.1) is 11.2 Å². The van der Waals surface area contributed by atoms with Crippen LogP contribution in [0.25, 0.3) is 22.2 Å². The fourth-order valence-electron chi connectivity index (χ4n) is 2.86. The first kappa shape index (κ1) is 16.8. The Hall–Kier alpha value is -1.00. The largest absolute Gasteiger partial charge is 0.353 e. The molecule has 0 spiro atoms. The highest BCUT2D eigenvalue weighted by molar-refractivity contribution is 9.10. The van der Waals surface area contributed by atoms with E-state index in [-0.39, 0.29) is 0 Å². The normalized spacial score (nSPS) is 11.3. The second kappa shape index (κ2) is 7.27. The van der Waals surface area contributed by atoms with Gasteiger partial charge in [-0.05, 0) is 71.6 Å². The first-order chi connectivity index (χ1) is 11.1. The van der Waals surface area contributed by atoms with Crippen molar-refractivity contribution in [2.24, 2.45) is 5.73 Å². The maximum Gasteiger partial charge on any atom is 0.0606 e. The van der Waals surface area contributed by atoms with E-state index in [1.54, 1.807) is 6.07 Å². The van der Waals surface area contributed by atoms with Crippen LogP contribution in [0.2, 0.25) is 10.0 Å². The molecule has 0 bridgehead atoms. The Balaban J connectivity index is 2.20. The molecule has 0 unspecified atom stereocenters. The number of H-pyrrole nitrogens is 1. The zero-order valence-corrected chi connectivity index (χ0v) is 15.6. The molecule has 0 amide bonds. The summed E-state index contributed by atoms with van der Waals surface area (Å²) in [6, 6.07) is 11.8. The molecular weight excluding hydrogens is 395 g/mol. The van der Waals surface area contributed by atoms with Crippen LogP contribution >= 0.6 is 39.1 Å². The van der Waals surface area contributed by atoms with Gasteiger partial charge in [0.25, 0.3) is 0 Å². The first-order valence-electron chi connectivity index (χ1n) is 7.56. The Morgan fingerprint density at radius 1 is 1.09 bits per heavy atom. The number of aromatic amines is 1. The fourth-order valence-corrected chi connectivity index (χ4v) is 3.71. The SMILES string of the molecule is NCCCCc1c(-c2cc(Cl)ccc2Cl)[nH]c2c(Br)cccc12. The lowest BCUT2D eigenvalue weighted by molar-refractivity contribution is 0.748. The number of nitrogens with two attached hydrogens (primary N) is 1. The van der Waals surface area contributed by atoms with Crippen molar-refractivity contribution in [3.8, 4) is 11.3 Å². The monoisotopic (exact) mass is 410 g/mol. The van der Waals surface area contributed by atoms with Crippen LogP contribution in [0, 0.1) is 0 Å². The zero-order chi connectivity index (χ0) is 16.4. The van der Waals surface area contributed by atoms with E-state index in [9.17, 15) is 0 Å². The molecule has 0 fully saturated rings. The summed E-state index contributed by atoms with van der Waals surface area (Å²) in [5.41, 5.74) is 9.96. The molecule has 2 aromatic carbocycles. The average molecular weight is 412 g/mol. The Kier molecular flexibility index (Phi) is 5.32. The highest BCUT2D eigenvalue weighted by Crippen LogP contribution is 2.38. The zero-order valence-electron chi connectivity index (χ0n) is 12.5. The van der Waals surface area contributed by atoms with Crippen LogP contribution < -0.4 is 5.73 Å². The van der Waals surface area contributed by atoms with Crippen molar-refractivity contribution in [2.75, 3.05) is 6.54 Å². The van der Waals surface area contributed by atoms with Crippen LogP contribution in [0.4, 0.5) is 0 Å². The van der Waals surface area contributed by atoms with E-state index < -0.39 is 0 Å². The molecule has 3 aromatic rings. The molecule has 3 rings (SSSR count). The van der Waals surface area contributed by atoms with Gasteiger partial charge in [-0.3, -0.25) is 0 Å². The van der Waals surface area contributed by atoms with Gasteiger partial charge in [-0.15, -0.1) is 0 Å². The number of benzene rings is 2. The molecule has 3 N–H and O–H groups in total. The number of hydrogen-bond donors (Lipinski definition) is 2. The Labute approximate surface area is 154 Å². The quantitative estimate of drug-likeness (QED) is 0.483. The molecule has 0 atom stereocenters. The standard InChI is InChI=1S/C18H17BrCl2N2/c19-15-6-3-5-13-12(4-1-2-9-22)17(23-18(13)15)14-10-11(20)7-8-16(14)21/h3,5-8,10,23H,1-2,4,9,22H2. The lowest BCUT2D eigenvalue weighted by Gasteiger charge is -2.07. The van der Waals surface area contributed by atoms with E-state index in [1.165, 1.54) is 10.9 Å². The third kappa shape index (κ3) is 3.43. The van der Waals surface area contributed by atoms with Gasteiger partial charge in [0, 0.05) is 25.5 Å². The lowest BCUT2D eigenvalue weighted by Crippen LogP contribution is -1.99. The molecule has 1 aromatic heterocycles. The third-order valence-corrected chi connectivity index (χ3v) is 5.19. The molecular formula is C18H17BrCl2N2. The van der Waals surface area contributed by atoms with Crippen LogP contribution in [-0.2, 0) is 6.42 Å². The number of unbranched alkanes of at least 4 members (excludes halogenated alkanes) is 1. The smallest absolute Gasteiger partial charge is 0.0606 e. The number of hydrogen-bond acceptors (Lipinski definition) is 1. The summed E-state index contributed by atoms with van der Waals surface area (Å²) >= 11 is 16.2. The van der Waals surface area contributed by atoms with Crippen molar-refractivity contribution in [2.45, 2.75) is 19.3 Å². The minimum Gasteiger partial charge on any atom is -0.353 e. The highest BCUT2D eigenvalue weighted by atomic mass is 79.9. The Morgan fingerprint density at radius 2 is 1.91 bits per heavy atom. The number of rotatable bonds is 5. The van der Waals surface area contributed by atoms with E-state index in [1.807, 2.05) is 18.2 Å². The summed E-state index contributed by atoms with van der Waals surface area (Å²) in [5.74, 6) is 0. The van der Waals surface area contributed by atoms with Crippen LogP contribution in [-0.4, -0.2) is 11.5 Å². The number of halogens is 3. The maximum atomic E-state index is 6.42. The number of nitrogens with one attached hydrogen (secondary N) is 1. The minimum absolute atomic E-state index is 0.676. The second-order valence-electron chi connectivity index (χ2n) is 5.51. The minimum atomic E-state index is 0.676. The van der Waals surface area contributed by atoms with Gasteiger partial charge in [-0.25, -0.2) is 0 Å². The van der Waals surface area contributed by atoms with Crippen molar-refractivity contribution in [1.82, 2.24) is 4.98 Å². The predicted octanol–water partition coefficient (Wildman–Crippen LogP) is 6.19. The number of aromatic nitrogens is 1. The van der Waals surface area contributed by atoms with Crippen LogP contribution in [0.3, 0.4) is 0 Å². The molecule has 0 saturated heterocycles. The molecule has 5 heteroatoms. The topological polar surface area (TPSA) is 41.8 Å². The van der Waals surface area contributed by atoms with Gasteiger partial charge in [-0.2, -0.15) is 0 Å². The average Bonchev–Trinajstić information content (AvgIpc) is 2.90. The van der Waals surface area contributed by atoms with Crippen LogP contribution in [0.15, 0.2) is 40.9 Å². The number of aryl methyl sites for hydroxylation is 1. The summed E-state index contributed by atoms with van der Waals surface area (Å²) in [6.45, 7) is 0.708. The van der Waals surface area contributed by atoms with Gasteiger partial charge in [0.2, 0.25) is 0 Å². The molecule has 0 aliphatic rings. The number of fused-ring (bicyclic) bond motifs is 1. The molecule has 0 aliphatic heterocycles. The van der Waals surface area contributed by atoms with Crippen molar-refractivity contribution in [1.29, 1.82) is 0 Å². The van der Waals surface area contributed by atoms with Crippen LogP contribution in [0.5, 0.6) is 0 Å². The fraction of sp³-hybridized carbons (Fsp3) is 0.222. The molecule has 0 aliphatic carbocycles.